The van der Waals surface area contributed by atoms with Gasteiger partial charge in [-0.15, -0.1) is 0 Å². The number of methoxy groups -OCH3 is 1. The van der Waals surface area contributed by atoms with Gasteiger partial charge in [0.2, 0.25) is 0 Å². The minimum absolute atomic E-state index is 0.264. The number of hydrogen-bond donors (Lipinski definition) is 1. The molecule has 2 aromatic carbocycles. The topological polar surface area (TPSA) is 55.8 Å². The first-order chi connectivity index (χ1) is 10.6. The lowest BCUT2D eigenvalue weighted by Crippen LogP contribution is -1.98. The van der Waals surface area contributed by atoms with Crippen molar-refractivity contribution in [3.8, 4) is 11.5 Å². The molecule has 4 nitrogen and oxygen atoms in total. The third-order valence-corrected chi connectivity index (χ3v) is 3.15. The van der Waals surface area contributed by atoms with Crippen LogP contribution < -0.4 is 9.47 Å². The standard InChI is InChI=1S/C18H18O4/c1-13(18(19)20)10-15-8-9-16(17(11-15)21-2)22-12-14-6-4-3-5-7-14/h3-11H,12H2,1-2H3,(H,19,20). The van der Waals surface area contributed by atoms with Crippen molar-refractivity contribution >= 4 is 12.0 Å². The monoisotopic (exact) mass is 298 g/mol. The molecule has 0 bridgehead atoms. The maximum Gasteiger partial charge on any atom is 0.331 e. The SMILES string of the molecule is COc1cc(C=C(C)C(=O)O)ccc1OCc1ccccc1. The largest absolute Gasteiger partial charge is 0.493 e. The van der Waals surface area contributed by atoms with Gasteiger partial charge in [0.1, 0.15) is 6.61 Å². The molecule has 0 unspecified atom stereocenters. The molecule has 0 spiro atoms. The van der Waals surface area contributed by atoms with E-state index in [0.29, 0.717) is 18.1 Å². The molecule has 0 radical (unpaired) electrons. The number of aliphatic carboxylic acids is 1. The summed E-state index contributed by atoms with van der Waals surface area (Å²) < 4.78 is 11.1. The van der Waals surface area contributed by atoms with E-state index in [2.05, 4.69) is 0 Å². The highest BCUT2D eigenvalue weighted by Crippen LogP contribution is 2.29. The van der Waals surface area contributed by atoms with Crippen molar-refractivity contribution in [2.75, 3.05) is 7.11 Å². The van der Waals surface area contributed by atoms with Gasteiger partial charge in [0.25, 0.3) is 0 Å². The number of benzene rings is 2. The van der Waals surface area contributed by atoms with E-state index < -0.39 is 5.97 Å². The molecule has 22 heavy (non-hydrogen) atoms. The number of carbonyl (C=O) groups is 1. The van der Waals surface area contributed by atoms with Gasteiger partial charge in [-0.3, -0.25) is 0 Å². The predicted molar refractivity (Wildman–Crippen MR) is 85.1 cm³/mol. The normalized spacial score (nSPS) is 11.1. The Bertz CT molecular complexity index is 675. The van der Waals surface area contributed by atoms with Crippen molar-refractivity contribution in [2.45, 2.75) is 13.5 Å². The average molecular weight is 298 g/mol. The summed E-state index contributed by atoms with van der Waals surface area (Å²) in [5.74, 6) is 0.253. The van der Waals surface area contributed by atoms with Crippen molar-refractivity contribution in [3.63, 3.8) is 0 Å². The fourth-order valence-electron chi connectivity index (χ4n) is 1.94. The van der Waals surface area contributed by atoms with E-state index in [-0.39, 0.29) is 5.57 Å². The van der Waals surface area contributed by atoms with E-state index in [1.165, 1.54) is 0 Å². The first-order valence-corrected chi connectivity index (χ1v) is 6.86. The van der Waals surface area contributed by atoms with Gasteiger partial charge in [-0.2, -0.15) is 0 Å². The zero-order chi connectivity index (χ0) is 15.9. The Morgan fingerprint density at radius 3 is 2.50 bits per heavy atom. The van der Waals surface area contributed by atoms with E-state index in [1.54, 1.807) is 38.3 Å². The molecule has 0 amide bonds. The first-order valence-electron chi connectivity index (χ1n) is 6.86. The summed E-state index contributed by atoms with van der Waals surface area (Å²) in [6, 6.07) is 15.2. The van der Waals surface area contributed by atoms with Gasteiger partial charge in [0.15, 0.2) is 11.5 Å². The number of rotatable bonds is 6. The van der Waals surface area contributed by atoms with E-state index in [4.69, 9.17) is 14.6 Å². The van der Waals surface area contributed by atoms with Gasteiger partial charge in [-0.1, -0.05) is 36.4 Å². The molecule has 114 valence electrons. The lowest BCUT2D eigenvalue weighted by molar-refractivity contribution is -0.132. The van der Waals surface area contributed by atoms with E-state index >= 15 is 0 Å². The summed E-state index contributed by atoms with van der Waals surface area (Å²) >= 11 is 0. The second kappa shape index (κ2) is 7.31. The molecule has 0 fully saturated rings. The predicted octanol–water partition coefficient (Wildman–Crippen LogP) is 3.76. The molecular formula is C18H18O4. The van der Waals surface area contributed by atoms with Gasteiger partial charge in [0.05, 0.1) is 7.11 Å². The van der Waals surface area contributed by atoms with Crippen LogP contribution in [0, 0.1) is 0 Å². The second-order valence-electron chi connectivity index (χ2n) is 4.82. The van der Waals surface area contributed by atoms with E-state index in [1.807, 2.05) is 30.3 Å². The Balaban J connectivity index is 2.16. The molecule has 4 heteroatoms. The minimum atomic E-state index is -0.941. The zero-order valence-electron chi connectivity index (χ0n) is 12.6. The highest BCUT2D eigenvalue weighted by atomic mass is 16.5. The molecule has 1 N–H and O–H groups in total. The molecule has 0 aliphatic heterocycles. The summed E-state index contributed by atoms with van der Waals surface area (Å²) in [6.45, 7) is 2.00. The van der Waals surface area contributed by atoms with Gasteiger partial charge >= 0.3 is 5.97 Å². The second-order valence-corrected chi connectivity index (χ2v) is 4.82. The molecule has 2 rings (SSSR count). The molecule has 0 atom stereocenters. The van der Waals surface area contributed by atoms with Crippen LogP contribution in [0.1, 0.15) is 18.1 Å². The molecule has 2 aromatic rings. The molecule has 0 heterocycles. The van der Waals surface area contributed by atoms with Crippen LogP contribution in [0.3, 0.4) is 0 Å². The van der Waals surface area contributed by atoms with Crippen molar-refractivity contribution in [3.05, 3.63) is 65.2 Å². The summed E-state index contributed by atoms with van der Waals surface area (Å²) in [4.78, 5) is 10.9. The van der Waals surface area contributed by atoms with Crippen molar-refractivity contribution < 1.29 is 19.4 Å². The number of carboxylic acids is 1. The lowest BCUT2D eigenvalue weighted by atomic mass is 10.1. The zero-order valence-corrected chi connectivity index (χ0v) is 12.6. The Morgan fingerprint density at radius 2 is 1.86 bits per heavy atom. The van der Waals surface area contributed by atoms with Crippen molar-refractivity contribution in [1.29, 1.82) is 0 Å². The highest BCUT2D eigenvalue weighted by Gasteiger charge is 2.07. The third-order valence-electron chi connectivity index (χ3n) is 3.15. The Kier molecular flexibility index (Phi) is 5.20. The minimum Gasteiger partial charge on any atom is -0.493 e. The van der Waals surface area contributed by atoms with Crippen LogP contribution >= 0.6 is 0 Å². The summed E-state index contributed by atoms with van der Waals surface area (Å²) in [5.41, 5.74) is 2.08. The fourth-order valence-corrected chi connectivity index (χ4v) is 1.94. The first kappa shape index (κ1) is 15.6. The van der Waals surface area contributed by atoms with Crippen LogP contribution in [0.5, 0.6) is 11.5 Å². The number of carboxylic acid groups (broad SMARTS) is 1. The summed E-state index contributed by atoms with van der Waals surface area (Å²) in [7, 11) is 1.56. The molecule has 0 saturated carbocycles. The van der Waals surface area contributed by atoms with Gasteiger partial charge < -0.3 is 14.6 Å². The lowest BCUT2D eigenvalue weighted by Gasteiger charge is -2.11. The molecule has 0 saturated heterocycles. The van der Waals surface area contributed by atoms with Crippen LogP contribution in [0.25, 0.3) is 6.08 Å². The molecule has 0 aromatic heterocycles. The van der Waals surface area contributed by atoms with E-state index in [0.717, 1.165) is 11.1 Å². The smallest absolute Gasteiger partial charge is 0.331 e. The third kappa shape index (κ3) is 4.12. The Morgan fingerprint density at radius 1 is 1.14 bits per heavy atom. The van der Waals surface area contributed by atoms with Crippen LogP contribution in [-0.4, -0.2) is 18.2 Å². The van der Waals surface area contributed by atoms with Crippen LogP contribution in [0.15, 0.2) is 54.1 Å². The molecular weight excluding hydrogens is 280 g/mol. The van der Waals surface area contributed by atoms with Gasteiger partial charge in [0, 0.05) is 5.57 Å². The molecule has 0 aliphatic carbocycles. The summed E-state index contributed by atoms with van der Waals surface area (Å²) in [5, 5.41) is 8.91. The van der Waals surface area contributed by atoms with Crippen molar-refractivity contribution in [1.82, 2.24) is 0 Å². The Hall–Kier alpha value is -2.75. The maximum atomic E-state index is 10.9. The molecule has 0 aliphatic rings. The van der Waals surface area contributed by atoms with Gasteiger partial charge in [-0.05, 0) is 36.3 Å². The number of ether oxygens (including phenoxy) is 2. The van der Waals surface area contributed by atoms with Crippen LogP contribution in [0.4, 0.5) is 0 Å². The highest BCUT2D eigenvalue weighted by molar-refractivity contribution is 5.91. The number of hydrogen-bond acceptors (Lipinski definition) is 3. The quantitative estimate of drug-likeness (QED) is 0.825. The Labute approximate surface area is 129 Å². The van der Waals surface area contributed by atoms with E-state index in [9.17, 15) is 4.79 Å². The van der Waals surface area contributed by atoms with Crippen LogP contribution in [-0.2, 0) is 11.4 Å². The maximum absolute atomic E-state index is 10.9. The fraction of sp³-hybridized carbons (Fsp3) is 0.167. The van der Waals surface area contributed by atoms with Gasteiger partial charge in [-0.25, -0.2) is 4.79 Å². The van der Waals surface area contributed by atoms with Crippen LogP contribution in [0.2, 0.25) is 0 Å². The summed E-state index contributed by atoms with van der Waals surface area (Å²) in [6.07, 6.45) is 1.59. The average Bonchev–Trinajstić information content (AvgIpc) is 2.54. The van der Waals surface area contributed by atoms with Crippen molar-refractivity contribution in [2.24, 2.45) is 0 Å².